The van der Waals surface area contributed by atoms with Crippen molar-refractivity contribution in [1.29, 1.82) is 0 Å². The standard InChI is InChI=1S/C16H23Cl2N3O3S/c1-12(2)19(3)15(22)11-20-7-9-21(10-8-20)25(23,24)14-6-4-5-13(17)16(14)18/h4-6,12H,7-11H2,1-3H3. The predicted molar refractivity (Wildman–Crippen MR) is 99.6 cm³/mol. The monoisotopic (exact) mass is 407 g/mol. The summed E-state index contributed by atoms with van der Waals surface area (Å²) < 4.78 is 26.9. The number of hydrogen-bond donors (Lipinski definition) is 0. The van der Waals surface area contributed by atoms with E-state index in [4.69, 9.17) is 23.2 Å². The summed E-state index contributed by atoms with van der Waals surface area (Å²) in [6.45, 7) is 5.81. The number of carbonyl (C=O) groups is 1. The van der Waals surface area contributed by atoms with Gasteiger partial charge in [-0.25, -0.2) is 8.42 Å². The van der Waals surface area contributed by atoms with Gasteiger partial charge in [0, 0.05) is 39.3 Å². The number of nitrogens with zero attached hydrogens (tertiary/aromatic N) is 3. The fourth-order valence-electron chi connectivity index (χ4n) is 2.54. The number of carbonyl (C=O) groups excluding carboxylic acids is 1. The maximum atomic E-state index is 12.8. The van der Waals surface area contributed by atoms with Gasteiger partial charge in [-0.05, 0) is 26.0 Å². The number of hydrogen-bond acceptors (Lipinski definition) is 4. The van der Waals surface area contributed by atoms with Crippen molar-refractivity contribution >= 4 is 39.1 Å². The Morgan fingerprint density at radius 3 is 2.36 bits per heavy atom. The second kappa shape index (κ2) is 8.22. The van der Waals surface area contributed by atoms with Crippen LogP contribution in [-0.4, -0.2) is 74.2 Å². The van der Waals surface area contributed by atoms with Crippen LogP contribution in [0.25, 0.3) is 0 Å². The van der Waals surface area contributed by atoms with E-state index in [0.717, 1.165) is 0 Å². The largest absolute Gasteiger partial charge is 0.342 e. The minimum Gasteiger partial charge on any atom is -0.342 e. The van der Waals surface area contributed by atoms with Crippen LogP contribution in [0.4, 0.5) is 0 Å². The lowest BCUT2D eigenvalue weighted by Crippen LogP contribution is -2.51. The minimum atomic E-state index is -3.70. The van der Waals surface area contributed by atoms with E-state index in [9.17, 15) is 13.2 Å². The highest BCUT2D eigenvalue weighted by atomic mass is 35.5. The van der Waals surface area contributed by atoms with E-state index in [1.807, 2.05) is 18.7 Å². The second-order valence-electron chi connectivity index (χ2n) is 6.33. The quantitative estimate of drug-likeness (QED) is 0.749. The van der Waals surface area contributed by atoms with Gasteiger partial charge in [0.05, 0.1) is 16.6 Å². The fourth-order valence-corrected chi connectivity index (χ4v) is 4.70. The third-order valence-electron chi connectivity index (χ3n) is 4.39. The second-order valence-corrected chi connectivity index (χ2v) is 9.02. The normalized spacial score (nSPS) is 17.0. The Morgan fingerprint density at radius 1 is 1.20 bits per heavy atom. The molecule has 2 rings (SSSR count). The van der Waals surface area contributed by atoms with Crippen molar-refractivity contribution in [1.82, 2.24) is 14.1 Å². The number of amides is 1. The van der Waals surface area contributed by atoms with E-state index >= 15 is 0 Å². The fraction of sp³-hybridized carbons (Fsp3) is 0.562. The molecule has 0 atom stereocenters. The van der Waals surface area contributed by atoms with Crippen LogP contribution in [-0.2, 0) is 14.8 Å². The molecular weight excluding hydrogens is 385 g/mol. The van der Waals surface area contributed by atoms with Gasteiger partial charge in [0.25, 0.3) is 0 Å². The van der Waals surface area contributed by atoms with Crippen molar-refractivity contribution in [3.05, 3.63) is 28.2 Å². The lowest BCUT2D eigenvalue weighted by atomic mass is 10.3. The average molecular weight is 408 g/mol. The molecule has 140 valence electrons. The molecule has 0 unspecified atom stereocenters. The number of benzene rings is 1. The molecule has 1 aliphatic rings. The molecule has 9 heteroatoms. The molecule has 1 aromatic rings. The SMILES string of the molecule is CC(C)N(C)C(=O)CN1CCN(S(=O)(=O)c2cccc(Cl)c2Cl)CC1. The van der Waals surface area contributed by atoms with Gasteiger partial charge in [0.2, 0.25) is 15.9 Å². The molecule has 0 saturated carbocycles. The predicted octanol–water partition coefficient (Wildman–Crippen LogP) is 2.17. The van der Waals surface area contributed by atoms with Crippen LogP contribution in [0, 0.1) is 0 Å². The third-order valence-corrected chi connectivity index (χ3v) is 7.26. The Hall–Kier alpha value is -0.860. The summed E-state index contributed by atoms with van der Waals surface area (Å²) in [4.78, 5) is 15.8. The molecule has 25 heavy (non-hydrogen) atoms. The van der Waals surface area contributed by atoms with E-state index in [1.165, 1.54) is 10.4 Å². The third kappa shape index (κ3) is 4.65. The van der Waals surface area contributed by atoms with E-state index in [-0.39, 0.29) is 26.9 Å². The highest BCUT2D eigenvalue weighted by molar-refractivity contribution is 7.89. The smallest absolute Gasteiger partial charge is 0.244 e. The molecule has 1 aliphatic heterocycles. The van der Waals surface area contributed by atoms with Gasteiger partial charge >= 0.3 is 0 Å². The first-order valence-electron chi connectivity index (χ1n) is 8.06. The number of sulfonamides is 1. The van der Waals surface area contributed by atoms with Gasteiger partial charge in [-0.1, -0.05) is 29.3 Å². The van der Waals surface area contributed by atoms with Gasteiger partial charge in [-0.15, -0.1) is 0 Å². The Bertz CT molecular complexity index is 732. The van der Waals surface area contributed by atoms with Crippen LogP contribution in [0.3, 0.4) is 0 Å². The topological polar surface area (TPSA) is 60.9 Å². The molecule has 0 aliphatic carbocycles. The van der Waals surface area contributed by atoms with Gasteiger partial charge < -0.3 is 4.90 Å². The molecule has 1 heterocycles. The lowest BCUT2D eigenvalue weighted by Gasteiger charge is -2.34. The number of likely N-dealkylation sites (N-methyl/N-ethyl adjacent to an activating group) is 1. The Labute approximate surface area is 159 Å². The number of rotatable bonds is 5. The van der Waals surface area contributed by atoms with E-state index in [0.29, 0.717) is 32.7 Å². The summed E-state index contributed by atoms with van der Waals surface area (Å²) in [7, 11) is -1.93. The maximum Gasteiger partial charge on any atom is 0.244 e. The molecule has 1 saturated heterocycles. The molecule has 1 amide bonds. The number of halogens is 2. The van der Waals surface area contributed by atoms with Crippen molar-refractivity contribution in [3.63, 3.8) is 0 Å². The van der Waals surface area contributed by atoms with E-state index < -0.39 is 10.0 Å². The van der Waals surface area contributed by atoms with Gasteiger partial charge in [0.1, 0.15) is 4.90 Å². The van der Waals surface area contributed by atoms with Crippen LogP contribution in [0.1, 0.15) is 13.8 Å². The highest BCUT2D eigenvalue weighted by Gasteiger charge is 2.31. The first-order valence-corrected chi connectivity index (χ1v) is 10.3. The summed E-state index contributed by atoms with van der Waals surface area (Å²) >= 11 is 12.0. The molecule has 0 bridgehead atoms. The molecule has 0 radical (unpaired) electrons. The van der Waals surface area contributed by atoms with E-state index in [2.05, 4.69) is 0 Å². The van der Waals surface area contributed by atoms with Crippen molar-refractivity contribution < 1.29 is 13.2 Å². The van der Waals surface area contributed by atoms with E-state index in [1.54, 1.807) is 24.1 Å². The summed E-state index contributed by atoms with van der Waals surface area (Å²) in [5.41, 5.74) is 0. The lowest BCUT2D eigenvalue weighted by molar-refractivity contribution is -0.132. The molecule has 1 aromatic carbocycles. The van der Waals surface area contributed by atoms with Crippen molar-refractivity contribution in [2.24, 2.45) is 0 Å². The summed E-state index contributed by atoms with van der Waals surface area (Å²) in [6.07, 6.45) is 0. The zero-order chi connectivity index (χ0) is 18.8. The Kier molecular flexibility index (Phi) is 6.73. The van der Waals surface area contributed by atoms with Crippen LogP contribution in [0.5, 0.6) is 0 Å². The van der Waals surface area contributed by atoms with Gasteiger partial charge in [-0.3, -0.25) is 9.69 Å². The van der Waals surface area contributed by atoms with Crippen LogP contribution < -0.4 is 0 Å². The first kappa shape index (κ1) is 20.5. The average Bonchev–Trinajstić information content (AvgIpc) is 2.56. The molecule has 1 fully saturated rings. The summed E-state index contributed by atoms with van der Waals surface area (Å²) in [6, 6.07) is 4.71. The number of piperazine rings is 1. The van der Waals surface area contributed by atoms with Gasteiger partial charge in [-0.2, -0.15) is 4.31 Å². The Morgan fingerprint density at radius 2 is 1.80 bits per heavy atom. The molecule has 0 aromatic heterocycles. The summed E-state index contributed by atoms with van der Waals surface area (Å²) in [5, 5.41) is 0.254. The zero-order valence-electron chi connectivity index (χ0n) is 14.6. The first-order chi connectivity index (χ1) is 11.6. The van der Waals surface area contributed by atoms with Crippen LogP contribution in [0.2, 0.25) is 10.0 Å². The molecular formula is C16H23Cl2N3O3S. The Balaban J connectivity index is 2.02. The van der Waals surface area contributed by atoms with Crippen molar-refractivity contribution in [2.45, 2.75) is 24.8 Å². The minimum absolute atomic E-state index is 0.0192. The molecule has 6 nitrogen and oxygen atoms in total. The van der Waals surface area contributed by atoms with Gasteiger partial charge in [0.15, 0.2) is 0 Å². The maximum absolute atomic E-state index is 12.8. The highest BCUT2D eigenvalue weighted by Crippen LogP contribution is 2.31. The van der Waals surface area contributed by atoms with Crippen molar-refractivity contribution in [2.75, 3.05) is 39.8 Å². The van der Waals surface area contributed by atoms with Crippen LogP contribution in [0.15, 0.2) is 23.1 Å². The van der Waals surface area contributed by atoms with Crippen LogP contribution >= 0.6 is 23.2 Å². The molecule has 0 spiro atoms. The van der Waals surface area contributed by atoms with Crippen molar-refractivity contribution in [3.8, 4) is 0 Å². The zero-order valence-corrected chi connectivity index (χ0v) is 16.9. The molecule has 0 N–H and O–H groups in total. The summed E-state index contributed by atoms with van der Waals surface area (Å²) in [5.74, 6) is 0.0317.